The van der Waals surface area contributed by atoms with Gasteiger partial charge >= 0.3 is 0 Å². The van der Waals surface area contributed by atoms with E-state index in [2.05, 4.69) is 15.9 Å². The normalized spacial score (nSPS) is 10.2. The fraction of sp³-hybridized carbons (Fsp3) is 0.188. The van der Waals surface area contributed by atoms with Gasteiger partial charge in [0.15, 0.2) is 0 Å². The first kappa shape index (κ1) is 15.5. The van der Waals surface area contributed by atoms with Gasteiger partial charge in [-0.05, 0) is 48.5 Å². The molecule has 0 atom stereocenters. The Morgan fingerprint density at radius 2 is 1.76 bits per heavy atom. The summed E-state index contributed by atoms with van der Waals surface area (Å²) in [6.07, 6.45) is 0. The van der Waals surface area contributed by atoms with E-state index < -0.39 is 0 Å². The number of halogens is 2. The summed E-state index contributed by atoms with van der Waals surface area (Å²) in [5.41, 5.74) is 0.627. The SMILES string of the molecule is CN(CCOc1ccc(F)cc1)C(=O)c1ccc(Br)cc1. The minimum absolute atomic E-state index is 0.0646. The first-order valence-corrected chi connectivity index (χ1v) is 7.25. The smallest absolute Gasteiger partial charge is 0.253 e. The zero-order valence-electron chi connectivity index (χ0n) is 11.6. The zero-order chi connectivity index (χ0) is 15.2. The van der Waals surface area contributed by atoms with Gasteiger partial charge in [-0.15, -0.1) is 0 Å². The molecule has 0 heterocycles. The van der Waals surface area contributed by atoms with Gasteiger partial charge in [0.2, 0.25) is 0 Å². The molecule has 2 aromatic carbocycles. The number of hydrogen-bond acceptors (Lipinski definition) is 2. The number of ether oxygens (including phenoxy) is 1. The van der Waals surface area contributed by atoms with E-state index in [9.17, 15) is 9.18 Å². The molecule has 21 heavy (non-hydrogen) atoms. The van der Waals surface area contributed by atoms with E-state index in [0.29, 0.717) is 24.5 Å². The van der Waals surface area contributed by atoms with Crippen molar-refractivity contribution in [1.29, 1.82) is 0 Å². The van der Waals surface area contributed by atoms with E-state index >= 15 is 0 Å². The lowest BCUT2D eigenvalue weighted by Crippen LogP contribution is -2.30. The number of carbonyl (C=O) groups is 1. The van der Waals surface area contributed by atoms with Crippen molar-refractivity contribution in [2.75, 3.05) is 20.2 Å². The molecule has 1 amide bonds. The maximum absolute atomic E-state index is 12.7. The standard InChI is InChI=1S/C16H15BrFNO2/c1-19(16(20)12-2-4-13(17)5-3-12)10-11-21-15-8-6-14(18)7-9-15/h2-9H,10-11H2,1H3. The van der Waals surface area contributed by atoms with E-state index in [1.54, 1.807) is 36.2 Å². The van der Waals surface area contributed by atoms with Crippen molar-refractivity contribution >= 4 is 21.8 Å². The van der Waals surface area contributed by atoms with Crippen molar-refractivity contribution in [2.45, 2.75) is 0 Å². The molecule has 0 bridgehead atoms. The summed E-state index contributed by atoms with van der Waals surface area (Å²) >= 11 is 3.33. The first-order valence-electron chi connectivity index (χ1n) is 6.45. The Morgan fingerprint density at radius 3 is 2.38 bits per heavy atom. The van der Waals surface area contributed by atoms with Crippen molar-refractivity contribution in [1.82, 2.24) is 4.90 Å². The molecule has 0 N–H and O–H groups in total. The molecule has 0 aliphatic carbocycles. The van der Waals surface area contributed by atoms with Crippen molar-refractivity contribution in [3.05, 3.63) is 64.4 Å². The molecule has 0 aliphatic rings. The summed E-state index contributed by atoms with van der Waals surface area (Å²) in [5, 5.41) is 0. The molecule has 3 nitrogen and oxygen atoms in total. The molecule has 0 saturated heterocycles. The second-order valence-electron chi connectivity index (χ2n) is 4.54. The Kier molecular flexibility index (Phi) is 5.33. The molecular weight excluding hydrogens is 337 g/mol. The van der Waals surface area contributed by atoms with Crippen LogP contribution in [0.25, 0.3) is 0 Å². The lowest BCUT2D eigenvalue weighted by atomic mass is 10.2. The molecule has 0 spiro atoms. The Morgan fingerprint density at radius 1 is 1.14 bits per heavy atom. The predicted octanol–water partition coefficient (Wildman–Crippen LogP) is 3.74. The van der Waals surface area contributed by atoms with Crippen LogP contribution >= 0.6 is 15.9 Å². The number of hydrogen-bond donors (Lipinski definition) is 0. The van der Waals surface area contributed by atoms with Crippen LogP contribution in [0.1, 0.15) is 10.4 Å². The molecule has 0 radical (unpaired) electrons. The van der Waals surface area contributed by atoms with E-state index in [1.807, 2.05) is 12.1 Å². The summed E-state index contributed by atoms with van der Waals surface area (Å²) in [6, 6.07) is 13.0. The molecule has 2 rings (SSSR count). The van der Waals surface area contributed by atoms with Gasteiger partial charge in [0, 0.05) is 17.1 Å². The highest BCUT2D eigenvalue weighted by atomic mass is 79.9. The van der Waals surface area contributed by atoms with E-state index in [-0.39, 0.29) is 11.7 Å². The summed E-state index contributed by atoms with van der Waals surface area (Å²) in [4.78, 5) is 13.7. The van der Waals surface area contributed by atoms with E-state index in [1.165, 1.54) is 12.1 Å². The van der Waals surface area contributed by atoms with Crippen LogP contribution in [-0.2, 0) is 0 Å². The van der Waals surface area contributed by atoms with Gasteiger partial charge in [0.1, 0.15) is 18.2 Å². The molecular formula is C16H15BrFNO2. The fourth-order valence-electron chi connectivity index (χ4n) is 1.75. The summed E-state index contributed by atoms with van der Waals surface area (Å²) in [6.45, 7) is 0.802. The van der Waals surface area contributed by atoms with Crippen LogP contribution in [0.3, 0.4) is 0 Å². The third kappa shape index (κ3) is 4.56. The third-order valence-electron chi connectivity index (χ3n) is 2.95. The van der Waals surface area contributed by atoms with Crippen LogP contribution in [0.2, 0.25) is 0 Å². The highest BCUT2D eigenvalue weighted by Gasteiger charge is 2.11. The molecule has 0 unspecified atom stereocenters. The van der Waals surface area contributed by atoms with E-state index in [4.69, 9.17) is 4.74 Å². The van der Waals surface area contributed by atoms with Crippen LogP contribution in [0.15, 0.2) is 53.0 Å². The van der Waals surface area contributed by atoms with Crippen molar-refractivity contribution in [2.24, 2.45) is 0 Å². The molecule has 2 aromatic rings. The van der Waals surface area contributed by atoms with Crippen LogP contribution in [-0.4, -0.2) is 31.0 Å². The molecule has 0 aromatic heterocycles. The monoisotopic (exact) mass is 351 g/mol. The number of benzene rings is 2. The zero-order valence-corrected chi connectivity index (χ0v) is 13.1. The van der Waals surface area contributed by atoms with Gasteiger partial charge in [-0.1, -0.05) is 15.9 Å². The van der Waals surface area contributed by atoms with Crippen molar-refractivity contribution in [3.8, 4) is 5.75 Å². The van der Waals surface area contributed by atoms with Gasteiger partial charge in [-0.3, -0.25) is 4.79 Å². The third-order valence-corrected chi connectivity index (χ3v) is 3.48. The predicted molar refractivity (Wildman–Crippen MR) is 83.0 cm³/mol. The quantitative estimate of drug-likeness (QED) is 0.821. The number of carbonyl (C=O) groups excluding carboxylic acids is 1. The number of rotatable bonds is 5. The molecule has 0 fully saturated rings. The van der Waals surface area contributed by atoms with E-state index in [0.717, 1.165) is 4.47 Å². The van der Waals surface area contributed by atoms with Crippen molar-refractivity contribution < 1.29 is 13.9 Å². The number of likely N-dealkylation sites (N-methyl/N-ethyl adjacent to an activating group) is 1. The Labute approximate surface area is 131 Å². The van der Waals surface area contributed by atoms with Gasteiger partial charge in [0.05, 0.1) is 6.54 Å². The largest absolute Gasteiger partial charge is 0.492 e. The lowest BCUT2D eigenvalue weighted by Gasteiger charge is -2.17. The van der Waals surface area contributed by atoms with Crippen LogP contribution in [0.5, 0.6) is 5.75 Å². The summed E-state index contributed by atoms with van der Waals surface area (Å²) in [7, 11) is 1.72. The Balaban J connectivity index is 1.83. The molecule has 0 saturated carbocycles. The Hall–Kier alpha value is -1.88. The van der Waals surface area contributed by atoms with Gasteiger partial charge in [-0.2, -0.15) is 0 Å². The lowest BCUT2D eigenvalue weighted by molar-refractivity contribution is 0.0774. The average Bonchev–Trinajstić information content (AvgIpc) is 2.49. The van der Waals surface area contributed by atoms with Crippen molar-refractivity contribution in [3.63, 3.8) is 0 Å². The maximum Gasteiger partial charge on any atom is 0.253 e. The van der Waals surface area contributed by atoms with Gasteiger partial charge in [-0.25, -0.2) is 4.39 Å². The highest BCUT2D eigenvalue weighted by Crippen LogP contribution is 2.13. The second-order valence-corrected chi connectivity index (χ2v) is 5.45. The van der Waals surface area contributed by atoms with Crippen LogP contribution < -0.4 is 4.74 Å². The number of nitrogens with zero attached hydrogens (tertiary/aromatic N) is 1. The number of amides is 1. The molecule has 0 aliphatic heterocycles. The van der Waals surface area contributed by atoms with Crippen LogP contribution in [0, 0.1) is 5.82 Å². The maximum atomic E-state index is 12.7. The minimum Gasteiger partial charge on any atom is -0.492 e. The second kappa shape index (κ2) is 7.22. The summed E-state index contributed by atoms with van der Waals surface area (Å²) < 4.78 is 19.1. The minimum atomic E-state index is -0.301. The fourth-order valence-corrected chi connectivity index (χ4v) is 2.01. The molecule has 110 valence electrons. The average molecular weight is 352 g/mol. The topological polar surface area (TPSA) is 29.5 Å². The van der Waals surface area contributed by atoms with Gasteiger partial charge in [0.25, 0.3) is 5.91 Å². The van der Waals surface area contributed by atoms with Crippen LogP contribution in [0.4, 0.5) is 4.39 Å². The highest BCUT2D eigenvalue weighted by molar-refractivity contribution is 9.10. The van der Waals surface area contributed by atoms with Gasteiger partial charge < -0.3 is 9.64 Å². The molecule has 5 heteroatoms. The summed E-state index contributed by atoms with van der Waals surface area (Å²) in [5.74, 6) is 0.219. The Bertz CT molecular complexity index is 599. The first-order chi connectivity index (χ1) is 10.1.